The first-order chi connectivity index (χ1) is 9.72. The van der Waals surface area contributed by atoms with E-state index in [2.05, 4.69) is 65.3 Å². The van der Waals surface area contributed by atoms with Crippen LogP contribution < -0.4 is 10.2 Å². The number of thiophene rings is 1. The molecule has 1 fully saturated rings. The lowest BCUT2D eigenvalue weighted by Crippen LogP contribution is -2.18. The van der Waals surface area contributed by atoms with E-state index in [0.29, 0.717) is 0 Å². The van der Waals surface area contributed by atoms with Crippen molar-refractivity contribution in [3.8, 4) is 0 Å². The van der Waals surface area contributed by atoms with Crippen LogP contribution in [-0.4, -0.2) is 18.1 Å². The predicted molar refractivity (Wildman–Crippen MR) is 92.7 cm³/mol. The highest BCUT2D eigenvalue weighted by Crippen LogP contribution is 2.32. The van der Waals surface area contributed by atoms with Crippen LogP contribution in [0.4, 0.5) is 11.5 Å². The van der Waals surface area contributed by atoms with Gasteiger partial charge in [-0.3, -0.25) is 0 Å². The second kappa shape index (κ2) is 6.45. The molecule has 0 atom stereocenters. The van der Waals surface area contributed by atoms with Crippen molar-refractivity contribution in [2.45, 2.75) is 19.4 Å². The number of rotatable bonds is 4. The van der Waals surface area contributed by atoms with Crippen molar-refractivity contribution in [2.24, 2.45) is 0 Å². The van der Waals surface area contributed by atoms with Crippen LogP contribution in [0.15, 0.2) is 32.7 Å². The zero-order valence-corrected chi connectivity index (χ0v) is 14.9. The smallest absolute Gasteiger partial charge is 0.128 e. The Morgan fingerprint density at radius 1 is 1.25 bits per heavy atom. The van der Waals surface area contributed by atoms with E-state index in [4.69, 9.17) is 0 Å². The molecule has 0 saturated carbocycles. The minimum Gasteiger partial charge on any atom is -0.379 e. The van der Waals surface area contributed by atoms with Crippen LogP contribution in [0.1, 0.15) is 17.7 Å². The van der Waals surface area contributed by atoms with Crippen molar-refractivity contribution in [2.75, 3.05) is 23.3 Å². The molecule has 0 aromatic carbocycles. The lowest BCUT2D eigenvalue weighted by atomic mass is 10.3. The predicted octanol–water partition coefficient (Wildman–Crippen LogP) is 4.88. The summed E-state index contributed by atoms with van der Waals surface area (Å²) in [6, 6.07) is 6.35. The molecule has 0 aliphatic carbocycles. The fourth-order valence-electron chi connectivity index (χ4n) is 2.29. The Balaban J connectivity index is 1.60. The van der Waals surface area contributed by atoms with Crippen molar-refractivity contribution in [3.63, 3.8) is 0 Å². The Hall–Kier alpha value is -0.590. The van der Waals surface area contributed by atoms with Crippen molar-refractivity contribution in [1.29, 1.82) is 0 Å². The average Bonchev–Trinajstić information content (AvgIpc) is 3.08. The zero-order chi connectivity index (χ0) is 13.9. The highest BCUT2D eigenvalue weighted by Gasteiger charge is 2.12. The Morgan fingerprint density at radius 2 is 2.05 bits per heavy atom. The summed E-state index contributed by atoms with van der Waals surface area (Å²) in [5.41, 5.74) is 1.06. The van der Waals surface area contributed by atoms with Gasteiger partial charge in [-0.15, -0.1) is 11.3 Å². The first kappa shape index (κ1) is 14.4. The summed E-state index contributed by atoms with van der Waals surface area (Å²) in [4.78, 5) is 8.17. The van der Waals surface area contributed by atoms with E-state index in [1.54, 1.807) is 11.3 Å². The Bertz CT molecular complexity index is 557. The number of hydrogen-bond donors (Lipinski definition) is 1. The van der Waals surface area contributed by atoms with Gasteiger partial charge < -0.3 is 10.2 Å². The van der Waals surface area contributed by atoms with Gasteiger partial charge in [-0.05, 0) is 62.9 Å². The molecule has 1 aliphatic heterocycles. The monoisotopic (exact) mass is 415 g/mol. The quantitative estimate of drug-likeness (QED) is 0.769. The number of anilines is 2. The molecule has 3 nitrogen and oxygen atoms in total. The summed E-state index contributed by atoms with van der Waals surface area (Å²) in [5, 5.41) is 3.41. The van der Waals surface area contributed by atoms with E-state index in [-0.39, 0.29) is 0 Å². The van der Waals surface area contributed by atoms with E-state index in [0.717, 1.165) is 39.4 Å². The number of nitrogens with zero attached hydrogens (tertiary/aromatic N) is 2. The van der Waals surface area contributed by atoms with Gasteiger partial charge in [0.1, 0.15) is 5.82 Å². The molecule has 106 valence electrons. The van der Waals surface area contributed by atoms with Gasteiger partial charge in [-0.1, -0.05) is 0 Å². The fraction of sp³-hybridized carbons (Fsp3) is 0.357. The molecule has 0 spiro atoms. The molecule has 0 radical (unpaired) electrons. The van der Waals surface area contributed by atoms with Gasteiger partial charge in [-0.25, -0.2) is 4.98 Å². The van der Waals surface area contributed by atoms with Gasteiger partial charge >= 0.3 is 0 Å². The van der Waals surface area contributed by atoms with Gasteiger partial charge in [0.15, 0.2) is 0 Å². The number of pyridine rings is 1. The van der Waals surface area contributed by atoms with Gasteiger partial charge in [0.2, 0.25) is 0 Å². The van der Waals surface area contributed by atoms with Crippen molar-refractivity contribution < 1.29 is 0 Å². The van der Waals surface area contributed by atoms with Gasteiger partial charge in [0.25, 0.3) is 0 Å². The van der Waals surface area contributed by atoms with Crippen LogP contribution in [0.25, 0.3) is 0 Å². The van der Waals surface area contributed by atoms with Crippen molar-refractivity contribution in [3.05, 3.63) is 37.5 Å². The normalized spacial score (nSPS) is 14.8. The number of aromatic nitrogens is 1. The topological polar surface area (TPSA) is 28.2 Å². The van der Waals surface area contributed by atoms with E-state index < -0.39 is 0 Å². The third-order valence-electron chi connectivity index (χ3n) is 3.34. The number of halogens is 2. The number of hydrogen-bond acceptors (Lipinski definition) is 4. The molecule has 1 aliphatic rings. The average molecular weight is 417 g/mol. The molecular weight excluding hydrogens is 402 g/mol. The molecule has 0 bridgehead atoms. The van der Waals surface area contributed by atoms with Gasteiger partial charge in [-0.2, -0.15) is 0 Å². The largest absolute Gasteiger partial charge is 0.379 e. The molecule has 0 unspecified atom stereocenters. The summed E-state index contributed by atoms with van der Waals surface area (Å²) in [6.07, 6.45) is 4.49. The highest BCUT2D eigenvalue weighted by atomic mass is 79.9. The summed E-state index contributed by atoms with van der Waals surface area (Å²) >= 11 is 8.76. The summed E-state index contributed by atoms with van der Waals surface area (Å²) in [6.45, 7) is 3.09. The van der Waals surface area contributed by atoms with Crippen LogP contribution in [-0.2, 0) is 6.54 Å². The SMILES string of the molecule is Brc1cc(CNc2ccc(N3CCCC3)nc2)sc1Br. The first-order valence-corrected chi connectivity index (χ1v) is 9.01. The molecule has 2 aromatic rings. The molecule has 1 N–H and O–H groups in total. The van der Waals surface area contributed by atoms with E-state index in [9.17, 15) is 0 Å². The molecular formula is C14H15Br2N3S. The summed E-state index contributed by atoms with van der Waals surface area (Å²) in [5.74, 6) is 1.09. The molecule has 3 rings (SSSR count). The Kier molecular flexibility index (Phi) is 4.63. The highest BCUT2D eigenvalue weighted by molar-refractivity contribution is 9.13. The fourth-order valence-corrected chi connectivity index (χ4v) is 4.41. The standard InChI is InChI=1S/C14H15Br2N3S/c15-12-7-11(20-14(12)16)9-17-10-3-4-13(18-8-10)19-5-1-2-6-19/h3-4,7-8,17H,1-2,5-6,9H2. The minimum atomic E-state index is 0.819. The Morgan fingerprint density at radius 3 is 2.65 bits per heavy atom. The maximum absolute atomic E-state index is 4.54. The maximum atomic E-state index is 4.54. The van der Waals surface area contributed by atoms with Gasteiger partial charge in [0.05, 0.1) is 15.7 Å². The molecule has 6 heteroatoms. The molecule has 20 heavy (non-hydrogen) atoms. The second-order valence-electron chi connectivity index (χ2n) is 4.79. The molecule has 3 heterocycles. The third-order valence-corrected chi connectivity index (χ3v) is 6.60. The molecule has 0 amide bonds. The van der Waals surface area contributed by atoms with E-state index >= 15 is 0 Å². The number of nitrogens with one attached hydrogen (secondary N) is 1. The maximum Gasteiger partial charge on any atom is 0.128 e. The molecule has 2 aromatic heterocycles. The van der Waals surface area contributed by atoms with Crippen molar-refractivity contribution >= 4 is 54.7 Å². The lowest BCUT2D eigenvalue weighted by Gasteiger charge is -2.16. The minimum absolute atomic E-state index is 0.819. The summed E-state index contributed by atoms with van der Waals surface area (Å²) < 4.78 is 2.25. The van der Waals surface area contributed by atoms with Crippen LogP contribution in [0.2, 0.25) is 0 Å². The van der Waals surface area contributed by atoms with E-state index in [1.807, 2.05) is 6.20 Å². The zero-order valence-electron chi connectivity index (χ0n) is 10.9. The van der Waals surface area contributed by atoms with E-state index in [1.165, 1.54) is 17.7 Å². The van der Waals surface area contributed by atoms with Crippen LogP contribution >= 0.6 is 43.2 Å². The third kappa shape index (κ3) is 3.35. The van der Waals surface area contributed by atoms with Crippen LogP contribution in [0, 0.1) is 0 Å². The first-order valence-electron chi connectivity index (χ1n) is 6.61. The molecule has 1 saturated heterocycles. The lowest BCUT2D eigenvalue weighted by molar-refractivity contribution is 0.937. The second-order valence-corrected chi connectivity index (χ2v) is 8.10. The van der Waals surface area contributed by atoms with Crippen LogP contribution in [0.3, 0.4) is 0 Å². The van der Waals surface area contributed by atoms with Gasteiger partial charge in [0, 0.05) is 29.0 Å². The van der Waals surface area contributed by atoms with Crippen molar-refractivity contribution in [1.82, 2.24) is 4.98 Å². The Labute approximate surface area is 139 Å². The summed E-state index contributed by atoms with van der Waals surface area (Å²) in [7, 11) is 0. The van der Waals surface area contributed by atoms with Crippen LogP contribution in [0.5, 0.6) is 0 Å².